The first-order valence-electron chi connectivity index (χ1n) is 11.2. The maximum Gasteiger partial charge on any atom is 0.133 e. The average Bonchev–Trinajstić information content (AvgIpc) is 2.74. The van der Waals surface area contributed by atoms with Crippen LogP contribution in [0.1, 0.15) is 49.7 Å². The highest BCUT2D eigenvalue weighted by molar-refractivity contribution is 5.53. The number of aryl methyl sites for hydroxylation is 2. The van der Waals surface area contributed by atoms with E-state index in [0.29, 0.717) is 12.0 Å². The third-order valence-corrected chi connectivity index (χ3v) is 6.38. The Balaban J connectivity index is 1.40. The summed E-state index contributed by atoms with van der Waals surface area (Å²) in [5.41, 5.74) is 3.85. The number of para-hydroxylation sites is 1. The van der Waals surface area contributed by atoms with Gasteiger partial charge in [-0.2, -0.15) is 0 Å². The van der Waals surface area contributed by atoms with E-state index in [1.807, 2.05) is 0 Å². The van der Waals surface area contributed by atoms with Gasteiger partial charge in [-0.1, -0.05) is 32.0 Å². The van der Waals surface area contributed by atoms with Gasteiger partial charge in [0.25, 0.3) is 0 Å². The van der Waals surface area contributed by atoms with Crippen LogP contribution in [0.5, 0.6) is 0 Å². The first kappa shape index (κ1) is 20.1. The topological polar surface area (TPSA) is 35.5 Å². The zero-order valence-electron chi connectivity index (χ0n) is 18.4. The Hall–Kier alpha value is -2.14. The number of aromatic nitrogens is 2. The minimum absolute atomic E-state index is 0.365. The standard InChI is InChI=1S/C24H35N5/c1-18(2)24-25-20(4)16-23(26-24)29-11-7-9-21(17-29)27-12-14-28(15-13-27)22-10-6-5-8-19(22)3/h5-6,8,10,16,18,21H,7,9,11-15,17H2,1-4H3/t21-/m1/s1. The smallest absolute Gasteiger partial charge is 0.133 e. The Bertz CT molecular complexity index is 826. The van der Waals surface area contributed by atoms with Crippen molar-refractivity contribution < 1.29 is 0 Å². The molecule has 0 spiro atoms. The fourth-order valence-electron chi connectivity index (χ4n) is 4.70. The zero-order valence-corrected chi connectivity index (χ0v) is 18.4. The Labute approximate surface area is 175 Å². The number of hydrogen-bond acceptors (Lipinski definition) is 5. The molecule has 2 aromatic rings. The largest absolute Gasteiger partial charge is 0.369 e. The molecular formula is C24H35N5. The number of hydrogen-bond donors (Lipinski definition) is 0. The highest BCUT2D eigenvalue weighted by Gasteiger charge is 2.29. The molecule has 0 saturated carbocycles. The van der Waals surface area contributed by atoms with Crippen molar-refractivity contribution in [2.45, 2.75) is 52.5 Å². The number of rotatable bonds is 4. The van der Waals surface area contributed by atoms with Gasteiger partial charge < -0.3 is 9.80 Å². The monoisotopic (exact) mass is 393 g/mol. The fraction of sp³-hybridized carbons (Fsp3) is 0.583. The summed E-state index contributed by atoms with van der Waals surface area (Å²) in [6.45, 7) is 15.4. The van der Waals surface area contributed by atoms with Crippen molar-refractivity contribution in [2.24, 2.45) is 0 Å². The van der Waals surface area contributed by atoms with Crippen LogP contribution in [0.15, 0.2) is 30.3 Å². The summed E-state index contributed by atoms with van der Waals surface area (Å²) < 4.78 is 0. The predicted molar refractivity (Wildman–Crippen MR) is 121 cm³/mol. The summed E-state index contributed by atoms with van der Waals surface area (Å²) in [6.07, 6.45) is 2.53. The number of benzene rings is 1. The predicted octanol–water partition coefficient (Wildman–Crippen LogP) is 4.01. The van der Waals surface area contributed by atoms with Gasteiger partial charge in [0.15, 0.2) is 0 Å². The summed E-state index contributed by atoms with van der Waals surface area (Å²) in [4.78, 5) is 17.3. The lowest BCUT2D eigenvalue weighted by atomic mass is 10.0. The van der Waals surface area contributed by atoms with Crippen LogP contribution >= 0.6 is 0 Å². The summed E-state index contributed by atoms with van der Waals surface area (Å²) in [5, 5.41) is 0. The quantitative estimate of drug-likeness (QED) is 0.784. The van der Waals surface area contributed by atoms with Gasteiger partial charge in [-0.15, -0.1) is 0 Å². The molecule has 2 saturated heterocycles. The lowest BCUT2D eigenvalue weighted by Crippen LogP contribution is -2.55. The molecule has 1 aromatic heterocycles. The maximum absolute atomic E-state index is 4.89. The van der Waals surface area contributed by atoms with E-state index >= 15 is 0 Å². The lowest BCUT2D eigenvalue weighted by molar-refractivity contribution is 0.166. The maximum atomic E-state index is 4.89. The van der Waals surface area contributed by atoms with Crippen molar-refractivity contribution in [2.75, 3.05) is 49.1 Å². The van der Waals surface area contributed by atoms with E-state index in [9.17, 15) is 0 Å². The number of piperidine rings is 1. The molecule has 3 heterocycles. The summed E-state index contributed by atoms with van der Waals surface area (Å²) in [5.74, 6) is 2.45. The Kier molecular flexibility index (Phi) is 6.04. The molecule has 0 radical (unpaired) electrons. The molecule has 5 heteroatoms. The minimum atomic E-state index is 0.365. The van der Waals surface area contributed by atoms with E-state index in [4.69, 9.17) is 4.98 Å². The normalized spacial score (nSPS) is 21.1. The van der Waals surface area contributed by atoms with Gasteiger partial charge in [0.2, 0.25) is 0 Å². The van der Waals surface area contributed by atoms with Crippen LogP contribution in [0.25, 0.3) is 0 Å². The van der Waals surface area contributed by atoms with Gasteiger partial charge in [-0.25, -0.2) is 9.97 Å². The van der Waals surface area contributed by atoms with E-state index in [-0.39, 0.29) is 0 Å². The lowest BCUT2D eigenvalue weighted by Gasteiger charge is -2.44. The highest BCUT2D eigenvalue weighted by atomic mass is 15.3. The Morgan fingerprint density at radius 2 is 1.69 bits per heavy atom. The third kappa shape index (κ3) is 4.55. The molecule has 29 heavy (non-hydrogen) atoms. The van der Waals surface area contributed by atoms with Crippen molar-refractivity contribution in [1.82, 2.24) is 14.9 Å². The first-order valence-corrected chi connectivity index (χ1v) is 11.2. The minimum Gasteiger partial charge on any atom is -0.369 e. The van der Waals surface area contributed by atoms with Crippen LogP contribution < -0.4 is 9.80 Å². The molecule has 0 bridgehead atoms. The molecule has 1 aromatic carbocycles. The van der Waals surface area contributed by atoms with E-state index in [2.05, 4.69) is 77.7 Å². The first-order chi connectivity index (χ1) is 14.0. The molecule has 0 aliphatic carbocycles. The number of piperazine rings is 1. The van der Waals surface area contributed by atoms with Crippen LogP contribution in [0.4, 0.5) is 11.5 Å². The number of nitrogens with zero attached hydrogens (tertiary/aromatic N) is 5. The molecule has 156 valence electrons. The van der Waals surface area contributed by atoms with Crippen LogP contribution in [0.3, 0.4) is 0 Å². The summed E-state index contributed by atoms with van der Waals surface area (Å²) >= 11 is 0. The third-order valence-electron chi connectivity index (χ3n) is 6.38. The van der Waals surface area contributed by atoms with Gasteiger partial charge in [-0.3, -0.25) is 4.90 Å². The molecule has 0 N–H and O–H groups in total. The average molecular weight is 394 g/mol. The molecule has 4 rings (SSSR count). The van der Waals surface area contributed by atoms with Gasteiger partial charge in [0, 0.05) is 68.7 Å². The van der Waals surface area contributed by atoms with Crippen LogP contribution in [-0.4, -0.2) is 60.2 Å². The molecule has 0 amide bonds. The van der Waals surface area contributed by atoms with Crippen LogP contribution in [0.2, 0.25) is 0 Å². The second-order valence-electron chi connectivity index (χ2n) is 8.93. The van der Waals surface area contributed by atoms with Gasteiger partial charge in [0.05, 0.1) is 0 Å². The van der Waals surface area contributed by atoms with Crippen molar-refractivity contribution >= 4 is 11.5 Å². The summed E-state index contributed by atoms with van der Waals surface area (Å²) in [7, 11) is 0. The van der Waals surface area contributed by atoms with E-state index < -0.39 is 0 Å². The molecule has 2 fully saturated rings. The van der Waals surface area contributed by atoms with Crippen molar-refractivity contribution in [3.63, 3.8) is 0 Å². The van der Waals surface area contributed by atoms with Crippen molar-refractivity contribution in [3.05, 3.63) is 47.4 Å². The fourth-order valence-corrected chi connectivity index (χ4v) is 4.70. The molecular weight excluding hydrogens is 358 g/mol. The summed E-state index contributed by atoms with van der Waals surface area (Å²) in [6, 6.07) is 11.5. The van der Waals surface area contributed by atoms with Crippen molar-refractivity contribution in [1.29, 1.82) is 0 Å². The van der Waals surface area contributed by atoms with Gasteiger partial charge >= 0.3 is 0 Å². The SMILES string of the molecule is Cc1cc(N2CCC[C@@H](N3CCN(c4ccccc4C)CC3)C2)nc(C(C)C)n1. The Morgan fingerprint density at radius 3 is 2.41 bits per heavy atom. The van der Waals surface area contributed by atoms with Crippen LogP contribution in [-0.2, 0) is 0 Å². The van der Waals surface area contributed by atoms with Crippen LogP contribution in [0, 0.1) is 13.8 Å². The van der Waals surface area contributed by atoms with Gasteiger partial charge in [-0.05, 0) is 38.3 Å². The second-order valence-corrected chi connectivity index (χ2v) is 8.93. The van der Waals surface area contributed by atoms with Gasteiger partial charge in [0.1, 0.15) is 11.6 Å². The van der Waals surface area contributed by atoms with Crippen molar-refractivity contribution in [3.8, 4) is 0 Å². The molecule has 2 aliphatic heterocycles. The number of anilines is 2. The molecule has 0 unspecified atom stereocenters. The zero-order chi connectivity index (χ0) is 20.4. The van der Waals surface area contributed by atoms with E-state index in [1.54, 1.807) is 0 Å². The Morgan fingerprint density at radius 1 is 0.931 bits per heavy atom. The molecule has 5 nitrogen and oxygen atoms in total. The highest BCUT2D eigenvalue weighted by Crippen LogP contribution is 2.26. The second kappa shape index (κ2) is 8.70. The molecule has 2 aliphatic rings. The molecule has 1 atom stereocenters. The van der Waals surface area contributed by atoms with E-state index in [1.165, 1.54) is 24.1 Å². The van der Waals surface area contributed by atoms with E-state index in [0.717, 1.165) is 56.6 Å².